The Morgan fingerprint density at radius 1 is 1.10 bits per heavy atom. The third-order valence-electron chi connectivity index (χ3n) is 3.72. The molecule has 170 valence electrons. The molecule has 0 aliphatic heterocycles. The van der Waals surface area contributed by atoms with Crippen molar-refractivity contribution in [2.45, 2.75) is 59.2 Å². The summed E-state index contributed by atoms with van der Waals surface area (Å²) in [5.41, 5.74) is 0.431. The Kier molecular flexibility index (Phi) is 11.8. The number of alkyl carbamates (subject to hydrolysis) is 1. The number of benzene rings is 1. The molecule has 0 fully saturated rings. The first-order valence-electron chi connectivity index (χ1n) is 9.80. The number of carbonyl (C=O) groups is 2. The van der Waals surface area contributed by atoms with E-state index in [2.05, 4.69) is 26.3 Å². The van der Waals surface area contributed by atoms with Crippen molar-refractivity contribution < 1.29 is 14.3 Å². The molecule has 0 bridgehead atoms. The predicted octanol–water partition coefficient (Wildman–Crippen LogP) is 3.02. The zero-order chi connectivity index (χ0) is 22.1. The number of hydrogen-bond acceptors (Lipinski definition) is 4. The van der Waals surface area contributed by atoms with E-state index in [1.165, 1.54) is 0 Å². The maximum atomic E-state index is 12.0. The van der Waals surface area contributed by atoms with Crippen molar-refractivity contribution in [1.29, 1.82) is 0 Å². The monoisotopic (exact) mass is 533 g/mol. The van der Waals surface area contributed by atoms with Gasteiger partial charge in [-0.1, -0.05) is 12.1 Å². The molecular weight excluding hydrogens is 497 g/mol. The van der Waals surface area contributed by atoms with E-state index in [1.54, 1.807) is 13.1 Å². The number of amides is 2. The van der Waals surface area contributed by atoms with Crippen LogP contribution in [0.25, 0.3) is 0 Å². The second-order valence-corrected chi connectivity index (χ2v) is 8.34. The molecule has 2 amide bonds. The van der Waals surface area contributed by atoms with Crippen LogP contribution in [0.3, 0.4) is 0 Å². The molecule has 30 heavy (non-hydrogen) atoms. The number of carbonyl (C=O) groups excluding carboxylic acids is 2. The van der Waals surface area contributed by atoms with Gasteiger partial charge in [0.25, 0.3) is 5.91 Å². The Bertz CT molecular complexity index is 730. The predicted molar refractivity (Wildman–Crippen MR) is 132 cm³/mol. The highest BCUT2D eigenvalue weighted by Crippen LogP contribution is 2.09. The highest BCUT2D eigenvalue weighted by molar-refractivity contribution is 14.0. The molecule has 1 rings (SSSR count). The summed E-state index contributed by atoms with van der Waals surface area (Å²) in [7, 11) is 1.60. The largest absolute Gasteiger partial charge is 0.444 e. The molecule has 0 aromatic heterocycles. The summed E-state index contributed by atoms with van der Waals surface area (Å²) in [6, 6.07) is 7.34. The average molecular weight is 533 g/mol. The second kappa shape index (κ2) is 12.6. The van der Waals surface area contributed by atoms with Gasteiger partial charge in [0, 0.05) is 25.7 Å². The topological polar surface area (TPSA) is 104 Å². The Hall–Kier alpha value is -2.04. The van der Waals surface area contributed by atoms with Crippen LogP contribution in [0, 0.1) is 0 Å². The van der Waals surface area contributed by atoms with Gasteiger partial charge in [-0.15, -0.1) is 24.0 Å². The van der Waals surface area contributed by atoms with Crippen molar-refractivity contribution in [3.63, 3.8) is 0 Å². The number of nitrogens with one attached hydrogen (secondary N) is 4. The molecule has 0 aliphatic rings. The van der Waals surface area contributed by atoms with Crippen LogP contribution < -0.4 is 21.3 Å². The van der Waals surface area contributed by atoms with Gasteiger partial charge < -0.3 is 26.0 Å². The van der Waals surface area contributed by atoms with Gasteiger partial charge in [0.05, 0.1) is 12.1 Å². The van der Waals surface area contributed by atoms with Crippen molar-refractivity contribution in [3.8, 4) is 0 Å². The first-order valence-corrected chi connectivity index (χ1v) is 9.80. The van der Waals surface area contributed by atoms with Crippen LogP contribution in [0.15, 0.2) is 29.3 Å². The van der Waals surface area contributed by atoms with Gasteiger partial charge in [0.1, 0.15) is 5.60 Å². The lowest BCUT2D eigenvalue weighted by Gasteiger charge is -2.29. The molecule has 0 atom stereocenters. The fraction of sp³-hybridized carbons (Fsp3) is 0.571. The molecule has 0 radical (unpaired) electrons. The molecule has 0 spiro atoms. The number of rotatable bonds is 7. The third kappa shape index (κ3) is 11.2. The molecule has 0 saturated heterocycles. The van der Waals surface area contributed by atoms with Crippen molar-refractivity contribution in [1.82, 2.24) is 21.3 Å². The summed E-state index contributed by atoms with van der Waals surface area (Å²) in [6.45, 7) is 12.8. The number of guanidine groups is 1. The quantitative estimate of drug-likeness (QED) is 0.245. The number of halogens is 1. The van der Waals surface area contributed by atoms with Crippen LogP contribution in [-0.2, 0) is 11.3 Å². The lowest BCUT2D eigenvalue weighted by molar-refractivity contribution is 0.0473. The number of aliphatic imine (C=N–C) groups is 1. The van der Waals surface area contributed by atoms with Crippen molar-refractivity contribution in [2.24, 2.45) is 4.99 Å². The summed E-state index contributed by atoms with van der Waals surface area (Å²) in [5.74, 6) is 0.493. The van der Waals surface area contributed by atoms with Gasteiger partial charge in [-0.05, 0) is 59.2 Å². The van der Waals surface area contributed by atoms with Gasteiger partial charge in [-0.3, -0.25) is 4.79 Å². The number of hydrogen-bond donors (Lipinski definition) is 4. The maximum absolute atomic E-state index is 12.0. The lowest BCUT2D eigenvalue weighted by Crippen LogP contribution is -2.54. The smallest absolute Gasteiger partial charge is 0.408 e. The van der Waals surface area contributed by atoms with Crippen molar-refractivity contribution >= 4 is 41.9 Å². The Labute approximate surface area is 197 Å². The van der Waals surface area contributed by atoms with E-state index in [-0.39, 0.29) is 29.9 Å². The number of ether oxygens (including phenoxy) is 1. The zero-order valence-electron chi connectivity index (χ0n) is 19.0. The highest BCUT2D eigenvalue weighted by Gasteiger charge is 2.24. The van der Waals surface area contributed by atoms with Crippen LogP contribution in [-0.4, -0.2) is 49.2 Å². The SMILES string of the molecule is CCNC(=NCc1cccc(C(=O)NC)c1)NCC(C)(C)NC(=O)OC(C)(C)C.I. The highest BCUT2D eigenvalue weighted by atomic mass is 127. The summed E-state index contributed by atoms with van der Waals surface area (Å²) in [5, 5.41) is 11.9. The molecule has 1 aromatic carbocycles. The lowest BCUT2D eigenvalue weighted by atomic mass is 10.1. The summed E-state index contributed by atoms with van der Waals surface area (Å²) in [6.07, 6.45) is -0.461. The zero-order valence-corrected chi connectivity index (χ0v) is 21.3. The molecular formula is C21H36IN5O3. The fourth-order valence-corrected chi connectivity index (χ4v) is 2.40. The Balaban J connectivity index is 0.00000841. The summed E-state index contributed by atoms with van der Waals surface area (Å²) in [4.78, 5) is 28.4. The van der Waals surface area contributed by atoms with Crippen molar-refractivity contribution in [2.75, 3.05) is 20.1 Å². The Morgan fingerprint density at radius 3 is 2.33 bits per heavy atom. The number of nitrogens with zero attached hydrogens (tertiary/aromatic N) is 1. The van der Waals surface area contributed by atoms with Crippen molar-refractivity contribution in [3.05, 3.63) is 35.4 Å². The second-order valence-electron chi connectivity index (χ2n) is 8.34. The maximum Gasteiger partial charge on any atom is 0.408 e. The van der Waals surface area contributed by atoms with E-state index in [0.29, 0.717) is 31.2 Å². The van der Waals surface area contributed by atoms with Gasteiger partial charge >= 0.3 is 6.09 Å². The van der Waals surface area contributed by atoms with Crippen LogP contribution in [0.1, 0.15) is 57.5 Å². The third-order valence-corrected chi connectivity index (χ3v) is 3.72. The standard InChI is InChI=1S/C21H35N5O3.HI/c1-8-23-18(24-13-15-10-9-11-16(12-15)17(27)22-7)25-14-21(5,6)26-19(28)29-20(2,3)4;/h9-12H,8,13-14H2,1-7H3,(H,22,27)(H,26,28)(H2,23,24,25);1H. The normalized spacial score (nSPS) is 11.8. The van der Waals surface area contributed by atoms with Gasteiger partial charge in [0.2, 0.25) is 0 Å². The first kappa shape index (κ1) is 28.0. The fourth-order valence-electron chi connectivity index (χ4n) is 2.40. The minimum atomic E-state index is -0.548. The Morgan fingerprint density at radius 2 is 1.77 bits per heavy atom. The van der Waals surface area contributed by atoms with Gasteiger partial charge in [0.15, 0.2) is 5.96 Å². The molecule has 8 nitrogen and oxygen atoms in total. The summed E-state index contributed by atoms with van der Waals surface area (Å²) < 4.78 is 5.32. The molecule has 0 saturated carbocycles. The van der Waals surface area contributed by atoms with Gasteiger partial charge in [-0.2, -0.15) is 0 Å². The molecule has 1 aromatic rings. The molecule has 0 aliphatic carbocycles. The van der Waals surface area contributed by atoms with E-state index in [1.807, 2.05) is 59.7 Å². The summed E-state index contributed by atoms with van der Waals surface area (Å²) >= 11 is 0. The van der Waals surface area contributed by atoms with E-state index in [4.69, 9.17) is 4.74 Å². The molecule has 4 N–H and O–H groups in total. The first-order chi connectivity index (χ1) is 13.5. The van der Waals surface area contributed by atoms with E-state index in [0.717, 1.165) is 5.56 Å². The molecule has 0 unspecified atom stereocenters. The van der Waals surface area contributed by atoms with Crippen LogP contribution in [0.4, 0.5) is 4.79 Å². The van der Waals surface area contributed by atoms with E-state index in [9.17, 15) is 9.59 Å². The average Bonchev–Trinajstić information content (AvgIpc) is 2.61. The van der Waals surface area contributed by atoms with E-state index >= 15 is 0 Å². The van der Waals surface area contributed by atoms with Gasteiger partial charge in [-0.25, -0.2) is 9.79 Å². The molecule has 0 heterocycles. The van der Waals surface area contributed by atoms with Crippen LogP contribution in [0.2, 0.25) is 0 Å². The van der Waals surface area contributed by atoms with E-state index < -0.39 is 17.2 Å². The minimum Gasteiger partial charge on any atom is -0.444 e. The minimum absolute atomic E-state index is 0. The van der Waals surface area contributed by atoms with Crippen LogP contribution in [0.5, 0.6) is 0 Å². The van der Waals surface area contributed by atoms with Crippen LogP contribution >= 0.6 is 24.0 Å². The molecule has 9 heteroatoms.